The molecule has 0 saturated heterocycles. The molecular formula is C18H15NO3. The molecule has 110 valence electrons. The topological polar surface area (TPSA) is 63.3 Å². The maximum absolute atomic E-state index is 10.8. The lowest BCUT2D eigenvalue weighted by Crippen LogP contribution is -1.96. The van der Waals surface area contributed by atoms with E-state index in [0.29, 0.717) is 12.3 Å². The summed E-state index contributed by atoms with van der Waals surface area (Å²) in [6.07, 6.45) is 2.25. The van der Waals surface area contributed by atoms with Gasteiger partial charge < -0.3 is 9.52 Å². The van der Waals surface area contributed by atoms with Crippen LogP contribution < -0.4 is 0 Å². The lowest BCUT2D eigenvalue weighted by atomic mass is 10.1. The first-order valence-corrected chi connectivity index (χ1v) is 6.96. The van der Waals surface area contributed by atoms with Crippen LogP contribution in [-0.4, -0.2) is 16.1 Å². The lowest BCUT2D eigenvalue weighted by molar-refractivity contribution is 0.0697. The number of benzene rings is 2. The van der Waals surface area contributed by atoms with Gasteiger partial charge in [0.1, 0.15) is 0 Å². The fraction of sp³-hybridized carbons (Fsp3) is 0.111. The maximum atomic E-state index is 10.8. The van der Waals surface area contributed by atoms with E-state index in [1.165, 1.54) is 5.56 Å². The second-order valence-electron chi connectivity index (χ2n) is 5.17. The quantitative estimate of drug-likeness (QED) is 0.791. The Balaban J connectivity index is 1.78. The number of aromatic nitrogens is 1. The zero-order valence-corrected chi connectivity index (χ0v) is 12.1. The molecule has 0 bridgehead atoms. The summed E-state index contributed by atoms with van der Waals surface area (Å²) in [6.45, 7) is 2.03. The fourth-order valence-electron chi connectivity index (χ4n) is 2.26. The molecule has 0 spiro atoms. The average molecular weight is 293 g/mol. The van der Waals surface area contributed by atoms with Gasteiger partial charge in [-0.25, -0.2) is 9.78 Å². The number of nitrogens with zero attached hydrogens (tertiary/aromatic N) is 1. The Kier molecular flexibility index (Phi) is 3.74. The van der Waals surface area contributed by atoms with Crippen molar-refractivity contribution in [3.63, 3.8) is 0 Å². The van der Waals surface area contributed by atoms with E-state index in [1.807, 2.05) is 31.2 Å². The van der Waals surface area contributed by atoms with Crippen molar-refractivity contribution in [1.29, 1.82) is 0 Å². The molecule has 0 aliphatic heterocycles. The predicted octanol–water partition coefficient (Wildman–Crippen LogP) is 3.94. The first-order chi connectivity index (χ1) is 10.6. The Bertz CT molecular complexity index is 803. The van der Waals surface area contributed by atoms with Crippen molar-refractivity contribution in [3.8, 4) is 11.3 Å². The highest BCUT2D eigenvalue weighted by Gasteiger charge is 2.08. The van der Waals surface area contributed by atoms with Crippen molar-refractivity contribution in [3.05, 3.63) is 77.3 Å². The smallest absolute Gasteiger partial charge is 0.335 e. The Morgan fingerprint density at radius 2 is 1.95 bits per heavy atom. The summed E-state index contributed by atoms with van der Waals surface area (Å²) >= 11 is 0. The van der Waals surface area contributed by atoms with Crippen LogP contribution in [0.1, 0.15) is 27.4 Å². The second-order valence-corrected chi connectivity index (χ2v) is 5.17. The van der Waals surface area contributed by atoms with Gasteiger partial charge in [-0.1, -0.05) is 35.9 Å². The summed E-state index contributed by atoms with van der Waals surface area (Å²) in [5.74, 6) is 0.421. The van der Waals surface area contributed by atoms with Crippen molar-refractivity contribution >= 4 is 5.97 Å². The third kappa shape index (κ3) is 3.06. The molecule has 22 heavy (non-hydrogen) atoms. The molecule has 0 amide bonds. The highest BCUT2D eigenvalue weighted by atomic mass is 16.4. The zero-order chi connectivity index (χ0) is 15.5. The maximum Gasteiger partial charge on any atom is 0.335 e. The van der Waals surface area contributed by atoms with Crippen LogP contribution in [0.15, 0.2) is 59.1 Å². The van der Waals surface area contributed by atoms with Crippen LogP contribution in [0.4, 0.5) is 0 Å². The van der Waals surface area contributed by atoms with Crippen LogP contribution in [0.3, 0.4) is 0 Å². The summed E-state index contributed by atoms with van der Waals surface area (Å²) in [7, 11) is 0. The Morgan fingerprint density at radius 3 is 2.64 bits per heavy atom. The summed E-state index contributed by atoms with van der Waals surface area (Å²) in [6, 6.07) is 14.8. The lowest BCUT2D eigenvalue weighted by Gasteiger charge is -2.00. The Labute approximate surface area is 128 Å². The van der Waals surface area contributed by atoms with E-state index in [0.717, 1.165) is 16.9 Å². The summed E-state index contributed by atoms with van der Waals surface area (Å²) in [4.78, 5) is 15.1. The second kappa shape index (κ2) is 5.85. The molecule has 0 saturated carbocycles. The van der Waals surface area contributed by atoms with E-state index in [-0.39, 0.29) is 5.56 Å². The molecule has 0 unspecified atom stereocenters. The van der Waals surface area contributed by atoms with Crippen LogP contribution in [0.25, 0.3) is 11.3 Å². The van der Waals surface area contributed by atoms with Gasteiger partial charge in [-0.05, 0) is 30.7 Å². The Morgan fingerprint density at radius 1 is 1.18 bits per heavy atom. The molecule has 4 heteroatoms. The van der Waals surface area contributed by atoms with Crippen LogP contribution in [0.5, 0.6) is 0 Å². The predicted molar refractivity (Wildman–Crippen MR) is 82.9 cm³/mol. The summed E-state index contributed by atoms with van der Waals surface area (Å²) in [5, 5.41) is 8.89. The Hall–Kier alpha value is -2.88. The van der Waals surface area contributed by atoms with Gasteiger partial charge in [-0.2, -0.15) is 0 Å². The number of rotatable bonds is 4. The highest BCUT2D eigenvalue weighted by molar-refractivity contribution is 5.87. The van der Waals surface area contributed by atoms with Gasteiger partial charge in [-0.15, -0.1) is 0 Å². The third-order valence-corrected chi connectivity index (χ3v) is 3.41. The summed E-state index contributed by atoms with van der Waals surface area (Å²) < 4.78 is 5.78. The summed E-state index contributed by atoms with van der Waals surface area (Å²) in [5.41, 5.74) is 3.40. The highest BCUT2D eigenvalue weighted by Crippen LogP contribution is 2.22. The average Bonchev–Trinajstić information content (AvgIpc) is 2.96. The largest absolute Gasteiger partial charge is 0.478 e. The van der Waals surface area contributed by atoms with Crippen molar-refractivity contribution in [2.45, 2.75) is 13.3 Å². The standard InChI is InChI=1S/C18H15NO3/c1-12-3-2-4-15(9-12)16-11-19-17(22-16)10-13-5-7-14(8-6-13)18(20)21/h2-9,11H,10H2,1H3,(H,20,21). The molecule has 2 aromatic carbocycles. The first-order valence-electron chi connectivity index (χ1n) is 6.96. The molecule has 3 rings (SSSR count). The van der Waals surface area contributed by atoms with Gasteiger partial charge in [0, 0.05) is 12.0 Å². The van der Waals surface area contributed by atoms with Gasteiger partial charge in [0.15, 0.2) is 11.7 Å². The number of hydrogen-bond acceptors (Lipinski definition) is 3. The van der Waals surface area contributed by atoms with Gasteiger partial charge in [-0.3, -0.25) is 0 Å². The molecule has 0 radical (unpaired) electrons. The van der Waals surface area contributed by atoms with Gasteiger partial charge in [0.25, 0.3) is 0 Å². The molecule has 1 aromatic heterocycles. The van der Waals surface area contributed by atoms with E-state index in [1.54, 1.807) is 30.5 Å². The third-order valence-electron chi connectivity index (χ3n) is 3.41. The van der Waals surface area contributed by atoms with E-state index in [9.17, 15) is 4.79 Å². The molecule has 3 aromatic rings. The SMILES string of the molecule is Cc1cccc(-c2cnc(Cc3ccc(C(=O)O)cc3)o2)c1. The molecule has 0 aliphatic carbocycles. The normalized spacial score (nSPS) is 10.6. The van der Waals surface area contributed by atoms with E-state index >= 15 is 0 Å². The zero-order valence-electron chi connectivity index (χ0n) is 12.1. The van der Waals surface area contributed by atoms with Gasteiger partial charge in [0.05, 0.1) is 11.8 Å². The first kappa shape index (κ1) is 14.1. The van der Waals surface area contributed by atoms with Crippen LogP contribution in [0, 0.1) is 6.92 Å². The van der Waals surface area contributed by atoms with Gasteiger partial charge in [0.2, 0.25) is 0 Å². The number of aryl methyl sites for hydroxylation is 1. The van der Waals surface area contributed by atoms with Crippen molar-refractivity contribution < 1.29 is 14.3 Å². The van der Waals surface area contributed by atoms with E-state index in [2.05, 4.69) is 4.98 Å². The van der Waals surface area contributed by atoms with Crippen molar-refractivity contribution in [1.82, 2.24) is 4.98 Å². The van der Waals surface area contributed by atoms with Crippen molar-refractivity contribution in [2.24, 2.45) is 0 Å². The molecule has 1 heterocycles. The number of carboxylic acids is 1. The number of carbonyl (C=O) groups is 1. The van der Waals surface area contributed by atoms with Crippen LogP contribution in [0.2, 0.25) is 0 Å². The number of hydrogen-bond donors (Lipinski definition) is 1. The molecular weight excluding hydrogens is 278 g/mol. The molecule has 4 nitrogen and oxygen atoms in total. The minimum Gasteiger partial charge on any atom is -0.478 e. The van der Waals surface area contributed by atoms with Gasteiger partial charge >= 0.3 is 5.97 Å². The van der Waals surface area contributed by atoms with Crippen LogP contribution in [-0.2, 0) is 6.42 Å². The minimum absolute atomic E-state index is 0.275. The molecule has 0 fully saturated rings. The fourth-order valence-corrected chi connectivity index (χ4v) is 2.26. The monoisotopic (exact) mass is 293 g/mol. The molecule has 0 aliphatic rings. The minimum atomic E-state index is -0.926. The number of aromatic carboxylic acids is 1. The van der Waals surface area contributed by atoms with E-state index in [4.69, 9.17) is 9.52 Å². The van der Waals surface area contributed by atoms with Crippen molar-refractivity contribution in [2.75, 3.05) is 0 Å². The number of carboxylic acid groups (broad SMARTS) is 1. The van der Waals surface area contributed by atoms with Crippen LogP contribution >= 0.6 is 0 Å². The molecule has 1 N–H and O–H groups in total. The molecule has 0 atom stereocenters. The number of oxazole rings is 1. The van der Waals surface area contributed by atoms with E-state index < -0.39 is 5.97 Å².